The molecule has 0 radical (unpaired) electrons. The molecule has 0 atom stereocenters. The monoisotopic (exact) mass is 481 g/mol. The lowest BCUT2D eigenvalue weighted by atomic mass is 10.1. The van der Waals surface area contributed by atoms with E-state index in [1.165, 1.54) is 0 Å². The van der Waals surface area contributed by atoms with Crippen LogP contribution in [0.3, 0.4) is 0 Å². The second kappa shape index (κ2) is 11.6. The fourth-order valence-electron chi connectivity index (χ4n) is 4.19. The maximum absolute atomic E-state index is 13.2. The number of benzene rings is 2. The summed E-state index contributed by atoms with van der Waals surface area (Å²) in [5, 5.41) is 3.83. The van der Waals surface area contributed by atoms with E-state index in [0.717, 1.165) is 22.2 Å². The maximum atomic E-state index is 13.2. The van der Waals surface area contributed by atoms with Gasteiger partial charge in [0, 0.05) is 43.3 Å². The number of rotatable bonds is 11. The number of hydrogen-bond acceptors (Lipinski definition) is 5. The van der Waals surface area contributed by atoms with Crippen molar-refractivity contribution in [2.75, 3.05) is 40.5 Å². The van der Waals surface area contributed by atoms with Gasteiger partial charge in [0.15, 0.2) is 18.1 Å². The third-order valence-electron chi connectivity index (χ3n) is 6.32. The average Bonchev–Trinajstić information content (AvgIpc) is 3.12. The van der Waals surface area contributed by atoms with E-state index in [2.05, 4.69) is 5.32 Å². The van der Waals surface area contributed by atoms with Crippen LogP contribution in [0.4, 0.5) is 0 Å². The van der Waals surface area contributed by atoms with Crippen molar-refractivity contribution in [3.63, 3.8) is 0 Å². The third kappa shape index (κ3) is 5.70. The van der Waals surface area contributed by atoms with Crippen molar-refractivity contribution >= 4 is 22.7 Å². The van der Waals surface area contributed by atoms with E-state index in [1.807, 2.05) is 68.8 Å². The highest BCUT2D eigenvalue weighted by Gasteiger charge is 2.19. The largest absolute Gasteiger partial charge is 0.493 e. The minimum atomic E-state index is -0.148. The van der Waals surface area contributed by atoms with Gasteiger partial charge < -0.3 is 29.0 Å². The maximum Gasteiger partial charge on any atom is 0.260 e. The molecule has 2 aromatic carbocycles. The van der Waals surface area contributed by atoms with Crippen LogP contribution in [0.2, 0.25) is 0 Å². The van der Waals surface area contributed by atoms with Crippen LogP contribution >= 0.6 is 0 Å². The summed E-state index contributed by atoms with van der Waals surface area (Å²) in [6, 6.07) is 11.3. The average molecular weight is 482 g/mol. The lowest BCUT2D eigenvalue weighted by molar-refractivity contribution is -0.132. The van der Waals surface area contributed by atoms with Crippen molar-refractivity contribution in [1.82, 2.24) is 14.8 Å². The van der Waals surface area contributed by atoms with Gasteiger partial charge in [-0.1, -0.05) is 6.07 Å². The number of nitrogens with one attached hydrogen (secondary N) is 1. The normalized spacial score (nSPS) is 10.8. The molecule has 0 bridgehead atoms. The molecular weight excluding hydrogens is 446 g/mol. The van der Waals surface area contributed by atoms with Crippen molar-refractivity contribution in [2.24, 2.45) is 7.05 Å². The summed E-state index contributed by atoms with van der Waals surface area (Å²) >= 11 is 0. The summed E-state index contributed by atoms with van der Waals surface area (Å²) in [6.07, 6.45) is 0.651. The number of likely N-dealkylation sites (N-methyl/N-ethyl adjacent to an activating group) is 1. The van der Waals surface area contributed by atoms with Gasteiger partial charge in [-0.3, -0.25) is 9.59 Å². The van der Waals surface area contributed by atoms with Gasteiger partial charge in [0.2, 0.25) is 0 Å². The number of carbonyl (C=O) groups is 2. The summed E-state index contributed by atoms with van der Waals surface area (Å²) < 4.78 is 18.4. The molecule has 1 N–H and O–H groups in total. The SMILES string of the molecule is CCN(CC)C(=O)COc1ccc2c(c1)c(C(=O)NCCc1ccc(OC)c(OC)c1)c(C)n2C. The van der Waals surface area contributed by atoms with Crippen molar-refractivity contribution in [3.8, 4) is 17.2 Å². The van der Waals surface area contributed by atoms with E-state index in [0.29, 0.717) is 48.9 Å². The summed E-state index contributed by atoms with van der Waals surface area (Å²) in [4.78, 5) is 27.2. The zero-order chi connectivity index (χ0) is 25.5. The number of ether oxygens (including phenoxy) is 3. The number of methoxy groups -OCH3 is 2. The van der Waals surface area contributed by atoms with Crippen molar-refractivity contribution in [1.29, 1.82) is 0 Å². The lowest BCUT2D eigenvalue weighted by Gasteiger charge is -2.18. The Hall–Kier alpha value is -3.68. The first kappa shape index (κ1) is 25.9. The Balaban J connectivity index is 1.73. The van der Waals surface area contributed by atoms with Crippen molar-refractivity contribution in [2.45, 2.75) is 27.2 Å². The zero-order valence-electron chi connectivity index (χ0n) is 21.4. The van der Waals surface area contributed by atoms with Crippen molar-refractivity contribution in [3.05, 3.63) is 53.2 Å². The van der Waals surface area contributed by atoms with Gasteiger partial charge in [-0.05, 0) is 63.1 Å². The molecule has 8 heteroatoms. The van der Waals surface area contributed by atoms with Crippen LogP contribution in [0, 0.1) is 6.92 Å². The lowest BCUT2D eigenvalue weighted by Crippen LogP contribution is -2.34. The summed E-state index contributed by atoms with van der Waals surface area (Å²) in [5.41, 5.74) is 3.43. The van der Waals surface area contributed by atoms with Gasteiger partial charge in [0.05, 0.1) is 19.8 Å². The molecule has 8 nitrogen and oxygen atoms in total. The number of nitrogens with zero attached hydrogens (tertiary/aromatic N) is 2. The standard InChI is InChI=1S/C27H35N3O5/c1-7-30(8-2)25(31)17-35-20-10-11-22-21(16-20)26(18(3)29(22)4)27(32)28-14-13-19-9-12-23(33-5)24(15-19)34-6/h9-12,15-16H,7-8,13-14,17H2,1-6H3,(H,28,32). The zero-order valence-corrected chi connectivity index (χ0v) is 21.4. The Morgan fingerprint density at radius 3 is 2.37 bits per heavy atom. The predicted molar refractivity (Wildman–Crippen MR) is 137 cm³/mol. The van der Waals surface area contributed by atoms with Crippen LogP contribution in [0.25, 0.3) is 10.9 Å². The molecule has 0 saturated heterocycles. The molecule has 3 aromatic rings. The first-order valence-corrected chi connectivity index (χ1v) is 11.8. The number of amides is 2. The summed E-state index contributed by atoms with van der Waals surface area (Å²) in [7, 11) is 5.14. The van der Waals surface area contributed by atoms with E-state index in [-0.39, 0.29) is 18.4 Å². The van der Waals surface area contributed by atoms with Crippen molar-refractivity contribution < 1.29 is 23.8 Å². The number of hydrogen-bond donors (Lipinski definition) is 1. The van der Waals surface area contributed by atoms with Crippen LogP contribution in [0.15, 0.2) is 36.4 Å². The Labute approximate surface area is 206 Å². The highest BCUT2D eigenvalue weighted by atomic mass is 16.5. The second-order valence-corrected chi connectivity index (χ2v) is 8.25. The molecule has 0 unspecified atom stereocenters. The van der Waals surface area contributed by atoms with Gasteiger partial charge in [-0.25, -0.2) is 0 Å². The van der Waals surface area contributed by atoms with Crippen LogP contribution in [-0.2, 0) is 18.3 Å². The molecule has 2 amide bonds. The summed E-state index contributed by atoms with van der Waals surface area (Å²) in [5.74, 6) is 1.68. The molecule has 0 aliphatic rings. The first-order chi connectivity index (χ1) is 16.8. The van der Waals surface area contributed by atoms with Gasteiger partial charge >= 0.3 is 0 Å². The fourth-order valence-corrected chi connectivity index (χ4v) is 4.19. The topological polar surface area (TPSA) is 82.0 Å². The van der Waals surface area contributed by atoms with Crippen LogP contribution in [-0.4, -0.2) is 61.7 Å². The summed E-state index contributed by atoms with van der Waals surface area (Å²) in [6.45, 7) is 7.52. The van der Waals surface area contributed by atoms with E-state index < -0.39 is 0 Å². The molecule has 1 aromatic heterocycles. The fraction of sp³-hybridized carbons (Fsp3) is 0.407. The van der Waals surface area contributed by atoms with E-state index >= 15 is 0 Å². The van der Waals surface area contributed by atoms with E-state index in [4.69, 9.17) is 14.2 Å². The van der Waals surface area contributed by atoms with Crippen LogP contribution in [0.5, 0.6) is 17.2 Å². The van der Waals surface area contributed by atoms with Crippen LogP contribution < -0.4 is 19.5 Å². The molecular formula is C27H35N3O5. The molecule has 0 aliphatic heterocycles. The van der Waals surface area contributed by atoms with Gasteiger partial charge in [-0.15, -0.1) is 0 Å². The number of fused-ring (bicyclic) bond motifs is 1. The highest BCUT2D eigenvalue weighted by molar-refractivity contribution is 6.08. The molecule has 0 saturated carbocycles. The smallest absolute Gasteiger partial charge is 0.260 e. The molecule has 35 heavy (non-hydrogen) atoms. The first-order valence-electron chi connectivity index (χ1n) is 11.8. The Morgan fingerprint density at radius 1 is 1.00 bits per heavy atom. The van der Waals surface area contributed by atoms with Gasteiger partial charge in [0.25, 0.3) is 11.8 Å². The predicted octanol–water partition coefficient (Wildman–Crippen LogP) is 3.72. The molecule has 0 aliphatic carbocycles. The van der Waals surface area contributed by atoms with Crippen LogP contribution in [0.1, 0.15) is 35.5 Å². The van der Waals surface area contributed by atoms with E-state index in [1.54, 1.807) is 19.1 Å². The number of aromatic nitrogens is 1. The minimum Gasteiger partial charge on any atom is -0.493 e. The van der Waals surface area contributed by atoms with E-state index in [9.17, 15) is 9.59 Å². The third-order valence-corrected chi connectivity index (χ3v) is 6.32. The molecule has 188 valence electrons. The number of carbonyl (C=O) groups excluding carboxylic acids is 2. The quantitative estimate of drug-likeness (QED) is 0.451. The number of aryl methyl sites for hydroxylation is 1. The molecule has 3 rings (SSSR count). The Morgan fingerprint density at radius 2 is 1.71 bits per heavy atom. The highest BCUT2D eigenvalue weighted by Crippen LogP contribution is 2.29. The molecule has 0 spiro atoms. The minimum absolute atomic E-state index is 0.0359. The Kier molecular flexibility index (Phi) is 8.63. The van der Waals surface area contributed by atoms with Gasteiger partial charge in [0.1, 0.15) is 5.75 Å². The van der Waals surface area contributed by atoms with Gasteiger partial charge in [-0.2, -0.15) is 0 Å². The second-order valence-electron chi connectivity index (χ2n) is 8.25. The Bertz CT molecular complexity index is 1200. The molecule has 0 fully saturated rings. The molecule has 1 heterocycles.